The van der Waals surface area contributed by atoms with Crippen LogP contribution in [-0.2, 0) is 14.3 Å². The predicted molar refractivity (Wildman–Crippen MR) is 109 cm³/mol. The lowest BCUT2D eigenvalue weighted by Gasteiger charge is -2.08. The Labute approximate surface area is 172 Å². The normalized spacial score (nSPS) is 10.1. The van der Waals surface area contributed by atoms with Gasteiger partial charge in [0.25, 0.3) is 11.6 Å². The van der Waals surface area contributed by atoms with E-state index in [9.17, 15) is 24.5 Å². The van der Waals surface area contributed by atoms with Crippen molar-refractivity contribution in [1.29, 1.82) is 0 Å². The highest BCUT2D eigenvalue weighted by Gasteiger charge is 2.18. The van der Waals surface area contributed by atoms with Crippen LogP contribution in [0.2, 0.25) is 0 Å². The molecule has 0 saturated carbocycles. The van der Waals surface area contributed by atoms with E-state index >= 15 is 0 Å². The number of nitrogens with one attached hydrogen (secondary N) is 2. The van der Waals surface area contributed by atoms with Gasteiger partial charge in [-0.2, -0.15) is 0 Å². The van der Waals surface area contributed by atoms with Crippen molar-refractivity contribution in [1.82, 2.24) is 0 Å². The van der Waals surface area contributed by atoms with Crippen LogP contribution in [0.1, 0.15) is 34.1 Å². The molecule has 2 rings (SSSR count). The SMILES string of the molecule is CCCOC(=O)c1ccc(NC(=O)COC(=O)c2ccc(NC)c([N+](=O)[O-])c2)cc1. The monoisotopic (exact) mass is 415 g/mol. The second-order valence-electron chi connectivity index (χ2n) is 6.08. The fraction of sp³-hybridized carbons (Fsp3) is 0.250. The molecule has 2 N–H and O–H groups in total. The highest BCUT2D eigenvalue weighted by molar-refractivity contribution is 5.96. The summed E-state index contributed by atoms with van der Waals surface area (Å²) in [7, 11) is 1.52. The van der Waals surface area contributed by atoms with Crippen LogP contribution in [0.5, 0.6) is 0 Å². The van der Waals surface area contributed by atoms with Gasteiger partial charge in [0.1, 0.15) is 5.69 Å². The molecule has 0 aliphatic rings. The quantitative estimate of drug-likeness (QED) is 0.362. The van der Waals surface area contributed by atoms with Crippen molar-refractivity contribution >= 4 is 34.9 Å². The summed E-state index contributed by atoms with van der Waals surface area (Å²) in [5, 5.41) is 16.2. The highest BCUT2D eigenvalue weighted by Crippen LogP contribution is 2.25. The van der Waals surface area contributed by atoms with Gasteiger partial charge in [0.2, 0.25) is 0 Å². The van der Waals surface area contributed by atoms with Gasteiger partial charge in [-0.15, -0.1) is 0 Å². The first-order chi connectivity index (χ1) is 14.3. The van der Waals surface area contributed by atoms with E-state index in [1.807, 2.05) is 6.92 Å². The van der Waals surface area contributed by atoms with Crippen LogP contribution in [0.3, 0.4) is 0 Å². The summed E-state index contributed by atoms with van der Waals surface area (Å²) in [6, 6.07) is 9.84. The second-order valence-corrected chi connectivity index (χ2v) is 6.08. The molecule has 0 aliphatic heterocycles. The van der Waals surface area contributed by atoms with E-state index in [-0.39, 0.29) is 16.9 Å². The third-order valence-electron chi connectivity index (χ3n) is 3.88. The van der Waals surface area contributed by atoms with E-state index in [0.717, 1.165) is 6.07 Å². The molecule has 2 aromatic carbocycles. The Kier molecular flexibility index (Phi) is 7.86. The zero-order valence-electron chi connectivity index (χ0n) is 16.5. The number of benzene rings is 2. The van der Waals surface area contributed by atoms with Crippen LogP contribution in [0, 0.1) is 10.1 Å². The average Bonchev–Trinajstić information content (AvgIpc) is 2.75. The molecule has 0 radical (unpaired) electrons. The summed E-state index contributed by atoms with van der Waals surface area (Å²) < 4.78 is 9.92. The maximum atomic E-state index is 12.1. The molecule has 30 heavy (non-hydrogen) atoms. The predicted octanol–water partition coefficient (Wildman–Crippen LogP) is 3.00. The number of anilines is 2. The van der Waals surface area contributed by atoms with E-state index in [1.165, 1.54) is 43.4 Å². The van der Waals surface area contributed by atoms with Crippen molar-refractivity contribution in [3.63, 3.8) is 0 Å². The fourth-order valence-electron chi connectivity index (χ4n) is 2.40. The van der Waals surface area contributed by atoms with E-state index < -0.39 is 29.4 Å². The van der Waals surface area contributed by atoms with Crippen molar-refractivity contribution in [3.05, 3.63) is 63.7 Å². The van der Waals surface area contributed by atoms with Gasteiger partial charge < -0.3 is 20.1 Å². The second kappa shape index (κ2) is 10.6. The largest absolute Gasteiger partial charge is 0.462 e. The summed E-state index contributed by atoms with van der Waals surface area (Å²) in [5.74, 6) is -1.93. The van der Waals surface area contributed by atoms with E-state index in [2.05, 4.69) is 10.6 Å². The van der Waals surface area contributed by atoms with E-state index in [1.54, 1.807) is 0 Å². The van der Waals surface area contributed by atoms with E-state index in [0.29, 0.717) is 24.3 Å². The minimum absolute atomic E-state index is 0.0524. The smallest absolute Gasteiger partial charge is 0.338 e. The Morgan fingerprint density at radius 3 is 2.23 bits per heavy atom. The third kappa shape index (κ3) is 6.03. The summed E-state index contributed by atoms with van der Waals surface area (Å²) in [6.45, 7) is 1.63. The van der Waals surface area contributed by atoms with Crippen molar-refractivity contribution in [2.75, 3.05) is 30.9 Å². The minimum Gasteiger partial charge on any atom is -0.462 e. The summed E-state index contributed by atoms with van der Waals surface area (Å²) in [4.78, 5) is 46.2. The number of amides is 1. The highest BCUT2D eigenvalue weighted by atomic mass is 16.6. The van der Waals surface area contributed by atoms with Crippen LogP contribution >= 0.6 is 0 Å². The zero-order valence-corrected chi connectivity index (χ0v) is 16.5. The van der Waals surface area contributed by atoms with Crippen LogP contribution in [-0.4, -0.2) is 43.0 Å². The lowest BCUT2D eigenvalue weighted by atomic mass is 10.1. The van der Waals surface area contributed by atoms with Gasteiger partial charge in [0, 0.05) is 18.8 Å². The van der Waals surface area contributed by atoms with Gasteiger partial charge >= 0.3 is 11.9 Å². The number of rotatable bonds is 9. The number of hydrogen-bond donors (Lipinski definition) is 2. The maximum Gasteiger partial charge on any atom is 0.338 e. The molecule has 0 aromatic heterocycles. The van der Waals surface area contributed by atoms with E-state index in [4.69, 9.17) is 9.47 Å². The third-order valence-corrected chi connectivity index (χ3v) is 3.88. The van der Waals surface area contributed by atoms with Crippen LogP contribution in [0.15, 0.2) is 42.5 Å². The van der Waals surface area contributed by atoms with Crippen molar-refractivity contribution in [2.45, 2.75) is 13.3 Å². The lowest BCUT2D eigenvalue weighted by molar-refractivity contribution is -0.384. The Hall–Kier alpha value is -3.95. The first-order valence-electron chi connectivity index (χ1n) is 9.06. The first kappa shape index (κ1) is 22.3. The Bertz CT molecular complexity index is 942. The van der Waals surface area contributed by atoms with Crippen LogP contribution in [0.4, 0.5) is 17.1 Å². The van der Waals surface area contributed by atoms with Gasteiger partial charge in [-0.3, -0.25) is 14.9 Å². The Morgan fingerprint density at radius 2 is 1.63 bits per heavy atom. The van der Waals surface area contributed by atoms with Crippen molar-refractivity contribution < 1.29 is 28.8 Å². The van der Waals surface area contributed by atoms with Crippen LogP contribution < -0.4 is 10.6 Å². The number of hydrogen-bond acceptors (Lipinski definition) is 8. The molecular formula is C20H21N3O7. The molecule has 0 fully saturated rings. The Balaban J connectivity index is 1.91. The number of nitrogens with zero attached hydrogens (tertiary/aromatic N) is 1. The minimum atomic E-state index is -0.870. The van der Waals surface area contributed by atoms with Crippen molar-refractivity contribution in [3.8, 4) is 0 Å². The maximum absolute atomic E-state index is 12.1. The molecule has 0 heterocycles. The number of carbonyl (C=O) groups is 3. The molecule has 10 heteroatoms. The number of esters is 2. The summed E-state index contributed by atoms with van der Waals surface area (Å²) >= 11 is 0. The number of nitro benzene ring substituents is 1. The molecule has 0 bridgehead atoms. The zero-order chi connectivity index (χ0) is 22.1. The van der Waals surface area contributed by atoms with Gasteiger partial charge in [-0.25, -0.2) is 9.59 Å². The topological polar surface area (TPSA) is 137 Å². The average molecular weight is 415 g/mol. The first-order valence-corrected chi connectivity index (χ1v) is 9.06. The molecule has 1 amide bonds. The van der Waals surface area contributed by atoms with Gasteiger partial charge in [-0.1, -0.05) is 6.92 Å². The standard InChI is InChI=1S/C20H21N3O7/c1-3-10-29-19(25)13-4-7-15(8-5-13)22-18(24)12-30-20(26)14-6-9-16(21-2)17(11-14)23(27)28/h4-9,11,21H,3,10,12H2,1-2H3,(H,22,24). The van der Waals surface area contributed by atoms with Gasteiger partial charge in [-0.05, 0) is 42.8 Å². The molecule has 10 nitrogen and oxygen atoms in total. The molecule has 158 valence electrons. The number of ether oxygens (including phenoxy) is 2. The molecule has 0 saturated heterocycles. The van der Waals surface area contributed by atoms with Gasteiger partial charge in [0.15, 0.2) is 6.61 Å². The molecule has 2 aromatic rings. The van der Waals surface area contributed by atoms with Crippen molar-refractivity contribution in [2.24, 2.45) is 0 Å². The van der Waals surface area contributed by atoms with Crippen LogP contribution in [0.25, 0.3) is 0 Å². The molecule has 0 atom stereocenters. The van der Waals surface area contributed by atoms with Gasteiger partial charge in [0.05, 0.1) is 22.7 Å². The number of nitro groups is 1. The Morgan fingerprint density at radius 1 is 1.00 bits per heavy atom. The number of carbonyl (C=O) groups excluding carboxylic acids is 3. The molecule has 0 aliphatic carbocycles. The summed E-state index contributed by atoms with van der Waals surface area (Å²) in [6.07, 6.45) is 0.714. The molecule has 0 spiro atoms. The molecule has 0 unspecified atom stereocenters. The lowest BCUT2D eigenvalue weighted by Crippen LogP contribution is -2.21. The fourth-order valence-corrected chi connectivity index (χ4v) is 2.40. The molecular weight excluding hydrogens is 394 g/mol. The summed E-state index contributed by atoms with van der Waals surface area (Å²) in [5.41, 5.74) is 0.658.